The second kappa shape index (κ2) is 7.95. The van der Waals surface area contributed by atoms with Gasteiger partial charge in [-0.3, -0.25) is 4.79 Å². The van der Waals surface area contributed by atoms with Crippen LogP contribution in [0.2, 0.25) is 0 Å². The van der Waals surface area contributed by atoms with Crippen LogP contribution in [0.4, 0.5) is 0 Å². The van der Waals surface area contributed by atoms with Crippen molar-refractivity contribution in [3.8, 4) is 0 Å². The van der Waals surface area contributed by atoms with E-state index in [0.29, 0.717) is 13.0 Å². The summed E-state index contributed by atoms with van der Waals surface area (Å²) < 4.78 is 6.26. The van der Waals surface area contributed by atoms with Crippen molar-refractivity contribution in [3.63, 3.8) is 0 Å². The Labute approximate surface area is 183 Å². The normalized spacial score (nSPS) is 28.1. The summed E-state index contributed by atoms with van der Waals surface area (Å²) >= 11 is 0. The third-order valence-electron chi connectivity index (χ3n) is 6.76. The van der Waals surface area contributed by atoms with Crippen LogP contribution in [0.5, 0.6) is 0 Å². The molecule has 5 rings (SSSR count). The van der Waals surface area contributed by atoms with Gasteiger partial charge in [0.1, 0.15) is 17.6 Å². The van der Waals surface area contributed by atoms with Crippen LogP contribution in [0, 0.1) is 5.41 Å². The second-order valence-electron chi connectivity index (χ2n) is 8.49. The number of hydrogen-bond donors (Lipinski definition) is 1. The zero-order valence-corrected chi connectivity index (χ0v) is 17.6. The average molecular weight is 414 g/mol. The Hall–Kier alpha value is -2.95. The molecule has 4 nitrogen and oxygen atoms in total. The maximum atomic E-state index is 13.9. The Kier molecular flexibility index (Phi) is 5.12. The van der Waals surface area contributed by atoms with E-state index in [-0.39, 0.29) is 18.1 Å². The number of ether oxygens (including phenoxy) is 1. The van der Waals surface area contributed by atoms with Crippen molar-refractivity contribution in [1.82, 2.24) is 4.90 Å². The third-order valence-corrected chi connectivity index (χ3v) is 6.76. The summed E-state index contributed by atoms with van der Waals surface area (Å²) in [5.41, 5.74) is 2.36. The summed E-state index contributed by atoms with van der Waals surface area (Å²) in [4.78, 5) is 15.8. The fourth-order valence-corrected chi connectivity index (χ4v) is 5.30. The zero-order valence-electron chi connectivity index (χ0n) is 17.6. The lowest BCUT2D eigenvalue weighted by Crippen LogP contribution is -2.77. The standard InChI is InChI=1S/C27H27NO3/c1-2-22(29)25-27(24(31-25)21-16-10-5-11-17-21)23(20-14-8-4-9-15-20)28(26(27)30)18-19-12-6-3-7-13-19/h3-17,22-25,29H,2,18H2,1H3/t22-,23-,24-,25+,27-/m1/s1. The molecule has 158 valence electrons. The molecule has 0 unspecified atom stereocenters. The van der Waals surface area contributed by atoms with Crippen molar-refractivity contribution in [3.05, 3.63) is 108 Å². The van der Waals surface area contributed by atoms with Crippen LogP contribution >= 0.6 is 0 Å². The highest BCUT2D eigenvalue weighted by Crippen LogP contribution is 2.68. The molecule has 2 heterocycles. The van der Waals surface area contributed by atoms with E-state index in [1.165, 1.54) is 0 Å². The van der Waals surface area contributed by atoms with E-state index in [4.69, 9.17) is 4.74 Å². The molecule has 4 heteroatoms. The van der Waals surface area contributed by atoms with Gasteiger partial charge in [-0.25, -0.2) is 0 Å². The smallest absolute Gasteiger partial charge is 0.237 e. The molecule has 1 N–H and O–H groups in total. The Balaban J connectivity index is 1.60. The second-order valence-corrected chi connectivity index (χ2v) is 8.49. The first-order chi connectivity index (χ1) is 15.2. The molecule has 0 saturated carbocycles. The summed E-state index contributed by atoms with van der Waals surface area (Å²) in [7, 11) is 0. The number of carbonyl (C=O) groups is 1. The number of hydrogen-bond acceptors (Lipinski definition) is 3. The average Bonchev–Trinajstić information content (AvgIpc) is 2.81. The van der Waals surface area contributed by atoms with Crippen LogP contribution in [0.25, 0.3) is 0 Å². The number of amides is 1. The fourth-order valence-electron chi connectivity index (χ4n) is 5.30. The van der Waals surface area contributed by atoms with E-state index >= 15 is 0 Å². The van der Waals surface area contributed by atoms with Crippen LogP contribution < -0.4 is 0 Å². The van der Waals surface area contributed by atoms with Gasteiger partial charge in [0.15, 0.2) is 0 Å². The van der Waals surface area contributed by atoms with E-state index < -0.39 is 17.6 Å². The van der Waals surface area contributed by atoms with Gasteiger partial charge >= 0.3 is 0 Å². The van der Waals surface area contributed by atoms with Crippen molar-refractivity contribution in [2.75, 3.05) is 0 Å². The molecule has 2 fully saturated rings. The molecule has 1 spiro atoms. The monoisotopic (exact) mass is 413 g/mol. The molecule has 3 aromatic carbocycles. The van der Waals surface area contributed by atoms with E-state index in [0.717, 1.165) is 16.7 Å². The molecule has 5 atom stereocenters. The SMILES string of the molecule is CC[C@@H](O)[C@@H]1O[C@H](c2ccccc2)[C@@]12C(=O)N(Cc1ccccc1)[C@@H]2c1ccccc1. The molecule has 3 aromatic rings. The summed E-state index contributed by atoms with van der Waals surface area (Å²) in [5.74, 6) is 0.0582. The largest absolute Gasteiger partial charge is 0.390 e. The van der Waals surface area contributed by atoms with Crippen molar-refractivity contribution < 1.29 is 14.6 Å². The van der Waals surface area contributed by atoms with Gasteiger partial charge in [0.05, 0.1) is 12.1 Å². The van der Waals surface area contributed by atoms with Gasteiger partial charge in [-0.1, -0.05) is 97.9 Å². The van der Waals surface area contributed by atoms with Crippen molar-refractivity contribution >= 4 is 5.91 Å². The van der Waals surface area contributed by atoms with Crippen molar-refractivity contribution in [1.29, 1.82) is 0 Å². The molecule has 2 aliphatic rings. The molecule has 31 heavy (non-hydrogen) atoms. The summed E-state index contributed by atoms with van der Waals surface area (Å²) in [6, 6.07) is 30.0. The Morgan fingerprint density at radius 1 is 0.903 bits per heavy atom. The van der Waals surface area contributed by atoms with Crippen LogP contribution in [-0.2, 0) is 16.1 Å². The molecule has 0 aromatic heterocycles. The van der Waals surface area contributed by atoms with Gasteiger partial charge in [-0.15, -0.1) is 0 Å². The zero-order chi connectivity index (χ0) is 21.4. The number of rotatable bonds is 6. The van der Waals surface area contributed by atoms with Gasteiger partial charge in [0.25, 0.3) is 0 Å². The number of β-lactam (4-membered cyclic amide) rings is 1. The van der Waals surface area contributed by atoms with Crippen molar-refractivity contribution in [2.24, 2.45) is 5.41 Å². The third kappa shape index (κ3) is 3.01. The molecule has 1 amide bonds. The maximum absolute atomic E-state index is 13.9. The quantitative estimate of drug-likeness (QED) is 0.598. The summed E-state index contributed by atoms with van der Waals surface area (Å²) in [5, 5.41) is 10.8. The Morgan fingerprint density at radius 2 is 1.45 bits per heavy atom. The molecule has 0 aliphatic carbocycles. The first kappa shape index (κ1) is 20.0. The number of benzene rings is 3. The number of nitrogens with zero attached hydrogens (tertiary/aromatic N) is 1. The number of aliphatic hydroxyl groups is 1. The minimum absolute atomic E-state index is 0.0582. The molecule has 0 bridgehead atoms. The number of aliphatic hydroxyl groups excluding tert-OH is 1. The lowest BCUT2D eigenvalue weighted by Gasteiger charge is -2.68. The van der Waals surface area contributed by atoms with Gasteiger partial charge in [-0.2, -0.15) is 0 Å². The minimum atomic E-state index is -0.799. The molecular weight excluding hydrogens is 386 g/mol. The van der Waals surface area contributed by atoms with E-state index in [1.807, 2.05) is 90.7 Å². The van der Waals surface area contributed by atoms with Gasteiger partial charge in [0, 0.05) is 6.54 Å². The predicted octanol–water partition coefficient (Wildman–Crippen LogP) is 4.67. The lowest BCUT2D eigenvalue weighted by atomic mass is 9.54. The van der Waals surface area contributed by atoms with Crippen LogP contribution in [-0.4, -0.2) is 28.1 Å². The highest BCUT2D eigenvalue weighted by molar-refractivity contribution is 5.93. The van der Waals surface area contributed by atoms with Gasteiger partial charge < -0.3 is 14.7 Å². The van der Waals surface area contributed by atoms with Gasteiger partial charge in [-0.05, 0) is 23.1 Å². The van der Waals surface area contributed by atoms with Crippen LogP contribution in [0.1, 0.15) is 42.2 Å². The summed E-state index contributed by atoms with van der Waals surface area (Å²) in [6.45, 7) is 2.47. The van der Waals surface area contributed by atoms with Crippen molar-refractivity contribution in [2.45, 2.75) is 44.2 Å². The molecular formula is C27H27NO3. The highest BCUT2D eigenvalue weighted by Gasteiger charge is 2.76. The fraction of sp³-hybridized carbons (Fsp3) is 0.296. The first-order valence-corrected chi connectivity index (χ1v) is 11.0. The predicted molar refractivity (Wildman–Crippen MR) is 119 cm³/mol. The number of carbonyl (C=O) groups excluding carboxylic acids is 1. The van der Waals surface area contributed by atoms with Crippen LogP contribution in [0.15, 0.2) is 91.0 Å². The maximum Gasteiger partial charge on any atom is 0.237 e. The lowest BCUT2D eigenvalue weighted by molar-refractivity contribution is -0.327. The Morgan fingerprint density at radius 3 is 2.03 bits per heavy atom. The number of likely N-dealkylation sites (tertiary alicyclic amines) is 1. The summed E-state index contributed by atoms with van der Waals surface area (Å²) in [6.07, 6.45) is -1.03. The minimum Gasteiger partial charge on any atom is -0.390 e. The Bertz CT molecular complexity index is 1040. The molecule has 2 aliphatic heterocycles. The molecule has 2 saturated heterocycles. The highest BCUT2D eigenvalue weighted by atomic mass is 16.5. The first-order valence-electron chi connectivity index (χ1n) is 11.0. The van der Waals surface area contributed by atoms with E-state index in [2.05, 4.69) is 12.1 Å². The van der Waals surface area contributed by atoms with E-state index in [9.17, 15) is 9.90 Å². The van der Waals surface area contributed by atoms with Gasteiger partial charge in [0.2, 0.25) is 5.91 Å². The molecule has 0 radical (unpaired) electrons. The van der Waals surface area contributed by atoms with E-state index in [1.54, 1.807) is 0 Å². The van der Waals surface area contributed by atoms with Crippen LogP contribution in [0.3, 0.4) is 0 Å². The topological polar surface area (TPSA) is 49.8 Å².